The maximum Gasteiger partial charge on any atom is 0.276 e. The summed E-state index contributed by atoms with van der Waals surface area (Å²) < 4.78 is 28.3. The van der Waals surface area contributed by atoms with Crippen molar-refractivity contribution >= 4 is 22.6 Å². The maximum absolute atomic E-state index is 11.6. The van der Waals surface area contributed by atoms with Gasteiger partial charge in [0.1, 0.15) is 0 Å². The zero-order chi connectivity index (χ0) is 14.2. The van der Waals surface area contributed by atoms with Crippen molar-refractivity contribution in [2.45, 2.75) is 31.3 Å². The van der Waals surface area contributed by atoms with Crippen LogP contribution in [0.25, 0.3) is 0 Å². The Morgan fingerprint density at radius 3 is 2.76 bits per heavy atom. The first kappa shape index (κ1) is 16.7. The minimum atomic E-state index is -3.35. The van der Waals surface area contributed by atoms with Gasteiger partial charge in [-0.05, 0) is 30.4 Å². The molecule has 0 aliphatic carbocycles. The van der Waals surface area contributed by atoms with E-state index in [1.807, 2.05) is 0 Å². The highest BCUT2D eigenvalue weighted by molar-refractivity contribution is 7.87. The minimum absolute atomic E-state index is 0. The van der Waals surface area contributed by atoms with E-state index in [9.17, 15) is 8.42 Å². The molecule has 0 aromatic heterocycles. The van der Waals surface area contributed by atoms with Gasteiger partial charge in [0.25, 0.3) is 10.2 Å². The fourth-order valence-corrected chi connectivity index (χ4v) is 4.11. The molecule has 5 nitrogen and oxygen atoms in total. The van der Waals surface area contributed by atoms with E-state index in [-0.39, 0.29) is 18.4 Å². The molecule has 0 spiro atoms. The number of nitrogens with one attached hydrogen (secondary N) is 2. The molecule has 0 bridgehead atoms. The second kappa shape index (κ2) is 6.62. The van der Waals surface area contributed by atoms with Crippen LogP contribution in [-0.2, 0) is 16.6 Å². The van der Waals surface area contributed by atoms with Gasteiger partial charge in [-0.25, -0.2) is 4.72 Å². The smallest absolute Gasteiger partial charge is 0.276 e. The highest BCUT2D eigenvalue weighted by Crippen LogP contribution is 2.36. The molecule has 2 aliphatic rings. The zero-order valence-corrected chi connectivity index (χ0v) is 13.7. The van der Waals surface area contributed by atoms with Crippen molar-refractivity contribution in [1.29, 1.82) is 0 Å². The number of hydrogen-bond acceptors (Lipinski definition) is 3. The maximum atomic E-state index is 11.6. The van der Waals surface area contributed by atoms with Gasteiger partial charge in [-0.1, -0.05) is 24.3 Å². The molecule has 118 valence electrons. The van der Waals surface area contributed by atoms with Gasteiger partial charge in [0.2, 0.25) is 0 Å². The fourth-order valence-electron chi connectivity index (χ4n) is 3.34. The van der Waals surface area contributed by atoms with Crippen molar-refractivity contribution < 1.29 is 8.42 Å². The number of fused-ring (bicyclic) bond motifs is 3. The van der Waals surface area contributed by atoms with Gasteiger partial charge >= 0.3 is 0 Å². The van der Waals surface area contributed by atoms with Gasteiger partial charge in [0, 0.05) is 32.2 Å². The van der Waals surface area contributed by atoms with Crippen LogP contribution in [0.2, 0.25) is 0 Å². The summed E-state index contributed by atoms with van der Waals surface area (Å²) in [6.07, 6.45) is 2.82. The Balaban J connectivity index is 0.00000161. The molecule has 7 heteroatoms. The van der Waals surface area contributed by atoms with Crippen molar-refractivity contribution in [2.75, 3.05) is 20.1 Å². The van der Waals surface area contributed by atoms with Crippen molar-refractivity contribution in [3.05, 3.63) is 35.4 Å². The lowest BCUT2D eigenvalue weighted by Gasteiger charge is -2.43. The predicted octanol–water partition coefficient (Wildman–Crippen LogP) is 1.22. The van der Waals surface area contributed by atoms with E-state index >= 15 is 0 Å². The highest BCUT2D eigenvalue weighted by Gasteiger charge is 2.34. The number of hydrogen-bond donors (Lipinski definition) is 2. The van der Waals surface area contributed by atoms with Gasteiger partial charge < -0.3 is 0 Å². The van der Waals surface area contributed by atoms with E-state index in [1.165, 1.54) is 18.2 Å². The van der Waals surface area contributed by atoms with E-state index in [0.29, 0.717) is 6.04 Å². The van der Waals surface area contributed by atoms with Gasteiger partial charge in [0.15, 0.2) is 0 Å². The lowest BCUT2D eigenvalue weighted by Crippen LogP contribution is -2.50. The number of piperidine rings is 1. The number of nitrogens with zero attached hydrogens (tertiary/aromatic N) is 1. The summed E-state index contributed by atoms with van der Waals surface area (Å²) >= 11 is 0. The molecule has 2 N–H and O–H groups in total. The molecule has 3 rings (SSSR count). The molecule has 1 fully saturated rings. The predicted molar refractivity (Wildman–Crippen MR) is 85.8 cm³/mol. The van der Waals surface area contributed by atoms with Crippen LogP contribution in [0.15, 0.2) is 24.3 Å². The van der Waals surface area contributed by atoms with Gasteiger partial charge in [-0.2, -0.15) is 13.1 Å². The van der Waals surface area contributed by atoms with Gasteiger partial charge in [-0.15, -0.1) is 12.4 Å². The summed E-state index contributed by atoms with van der Waals surface area (Å²) in [4.78, 5) is 2.48. The van der Waals surface area contributed by atoms with Gasteiger partial charge in [-0.3, -0.25) is 4.90 Å². The van der Waals surface area contributed by atoms with E-state index < -0.39 is 10.2 Å². The molecule has 0 amide bonds. The van der Waals surface area contributed by atoms with Crippen LogP contribution in [0.4, 0.5) is 0 Å². The topological polar surface area (TPSA) is 61.4 Å². The van der Waals surface area contributed by atoms with E-state index in [2.05, 4.69) is 38.6 Å². The molecule has 0 saturated carbocycles. The lowest BCUT2D eigenvalue weighted by molar-refractivity contribution is 0.122. The van der Waals surface area contributed by atoms with Crippen LogP contribution in [-0.4, -0.2) is 39.5 Å². The molecular weight excluding hydrogens is 310 g/mol. The zero-order valence-electron chi connectivity index (χ0n) is 12.1. The molecule has 1 saturated heterocycles. The molecular formula is C14H22ClN3O2S. The lowest BCUT2D eigenvalue weighted by atomic mass is 9.85. The monoisotopic (exact) mass is 331 g/mol. The Morgan fingerprint density at radius 2 is 2.00 bits per heavy atom. The van der Waals surface area contributed by atoms with Crippen LogP contribution in [0.1, 0.15) is 30.0 Å². The van der Waals surface area contributed by atoms with Crippen molar-refractivity contribution in [3.8, 4) is 0 Å². The molecule has 0 radical (unpaired) electrons. The summed E-state index contributed by atoms with van der Waals surface area (Å²) in [6.45, 7) is 2.03. The Labute approximate surface area is 132 Å². The molecule has 1 aromatic rings. The van der Waals surface area contributed by atoms with E-state index in [4.69, 9.17) is 0 Å². The molecule has 0 unspecified atom stereocenters. The molecule has 2 heterocycles. The Hall–Kier alpha value is -0.660. The van der Waals surface area contributed by atoms with Crippen LogP contribution in [0.3, 0.4) is 0 Å². The Morgan fingerprint density at radius 1 is 1.24 bits per heavy atom. The first-order valence-corrected chi connectivity index (χ1v) is 8.60. The molecule has 2 atom stereocenters. The van der Waals surface area contributed by atoms with E-state index in [0.717, 1.165) is 32.4 Å². The van der Waals surface area contributed by atoms with Gasteiger partial charge in [0.05, 0.1) is 0 Å². The first-order valence-electron chi connectivity index (χ1n) is 7.12. The van der Waals surface area contributed by atoms with Crippen LogP contribution in [0.5, 0.6) is 0 Å². The average molecular weight is 332 g/mol. The summed E-state index contributed by atoms with van der Waals surface area (Å²) in [5.74, 6) is 0. The quantitative estimate of drug-likeness (QED) is 0.875. The molecule has 2 aliphatic heterocycles. The number of rotatable bonds is 3. The standard InChI is InChI=1S/C14H21N3O2S.ClH/c1-15-20(18,19)16-12-7-9-17-8-6-11-4-2-3-5-13(11)14(17)10-12;/h2-5,12,14-16H,6-10H2,1H3;1H/t12-,14+;/m1./s1. The Kier molecular flexibility index (Phi) is 5.27. The van der Waals surface area contributed by atoms with Crippen molar-refractivity contribution in [1.82, 2.24) is 14.3 Å². The third-order valence-electron chi connectivity index (χ3n) is 4.39. The number of halogens is 1. The summed E-state index contributed by atoms with van der Waals surface area (Å²) in [5, 5.41) is 0. The third kappa shape index (κ3) is 3.57. The molecule has 21 heavy (non-hydrogen) atoms. The summed E-state index contributed by atoms with van der Waals surface area (Å²) in [5.41, 5.74) is 2.78. The van der Waals surface area contributed by atoms with Crippen LogP contribution < -0.4 is 9.44 Å². The SMILES string of the molecule is CNS(=O)(=O)N[C@@H]1CCN2CCc3ccccc3[C@@H]2C1.Cl. The Bertz CT molecular complexity index is 594. The van der Waals surface area contributed by atoms with E-state index in [1.54, 1.807) is 0 Å². The largest absolute Gasteiger partial charge is 0.296 e. The molecule has 1 aromatic carbocycles. The second-order valence-electron chi connectivity index (χ2n) is 5.55. The van der Waals surface area contributed by atoms with Crippen molar-refractivity contribution in [3.63, 3.8) is 0 Å². The minimum Gasteiger partial charge on any atom is -0.296 e. The third-order valence-corrected chi connectivity index (χ3v) is 5.57. The highest BCUT2D eigenvalue weighted by atomic mass is 35.5. The average Bonchev–Trinajstić information content (AvgIpc) is 2.47. The second-order valence-corrected chi connectivity index (χ2v) is 7.20. The summed E-state index contributed by atoms with van der Waals surface area (Å²) in [7, 11) is -1.91. The normalized spacial score (nSPS) is 25.6. The van der Waals surface area contributed by atoms with Crippen LogP contribution in [0, 0.1) is 0 Å². The number of benzene rings is 1. The fraction of sp³-hybridized carbons (Fsp3) is 0.571. The summed E-state index contributed by atoms with van der Waals surface area (Å²) in [6, 6.07) is 8.88. The first-order chi connectivity index (χ1) is 9.59. The van der Waals surface area contributed by atoms with Crippen LogP contribution >= 0.6 is 12.4 Å². The van der Waals surface area contributed by atoms with Crippen molar-refractivity contribution in [2.24, 2.45) is 0 Å².